The first kappa shape index (κ1) is 13.5. The SMILES string of the molecule is C=CCCCN(C)C(=O)c1cc(C)c(Br)s1. The van der Waals surface area contributed by atoms with E-state index in [1.54, 1.807) is 4.90 Å². The Morgan fingerprint density at radius 2 is 2.38 bits per heavy atom. The van der Waals surface area contributed by atoms with Crippen LogP contribution in [0, 0.1) is 6.92 Å². The Morgan fingerprint density at radius 1 is 1.69 bits per heavy atom. The van der Waals surface area contributed by atoms with Gasteiger partial charge in [0.15, 0.2) is 0 Å². The van der Waals surface area contributed by atoms with Crippen LogP contribution < -0.4 is 0 Å². The zero-order valence-corrected chi connectivity index (χ0v) is 12.0. The van der Waals surface area contributed by atoms with Crippen molar-refractivity contribution in [3.05, 3.63) is 32.9 Å². The van der Waals surface area contributed by atoms with Crippen LogP contribution in [0.2, 0.25) is 0 Å². The minimum Gasteiger partial charge on any atom is -0.341 e. The summed E-state index contributed by atoms with van der Waals surface area (Å²) in [5.41, 5.74) is 1.12. The molecule has 0 unspecified atom stereocenters. The van der Waals surface area contributed by atoms with Crippen LogP contribution >= 0.6 is 27.3 Å². The smallest absolute Gasteiger partial charge is 0.263 e. The Morgan fingerprint density at radius 3 is 2.88 bits per heavy atom. The molecular weight excluding hydrogens is 286 g/mol. The Hall–Kier alpha value is -0.610. The molecule has 0 aliphatic rings. The first-order valence-corrected chi connectivity index (χ1v) is 6.79. The summed E-state index contributed by atoms with van der Waals surface area (Å²) in [6, 6.07) is 1.93. The van der Waals surface area contributed by atoms with Crippen molar-refractivity contribution >= 4 is 33.2 Å². The van der Waals surface area contributed by atoms with Crippen molar-refractivity contribution in [1.29, 1.82) is 0 Å². The van der Waals surface area contributed by atoms with Crippen molar-refractivity contribution in [1.82, 2.24) is 4.90 Å². The average Bonchev–Trinajstić information content (AvgIpc) is 2.58. The van der Waals surface area contributed by atoms with Crippen molar-refractivity contribution in [3.8, 4) is 0 Å². The van der Waals surface area contributed by atoms with Crippen LogP contribution in [0.1, 0.15) is 28.1 Å². The molecule has 88 valence electrons. The summed E-state index contributed by atoms with van der Waals surface area (Å²) >= 11 is 4.93. The lowest BCUT2D eigenvalue weighted by molar-refractivity contribution is 0.0798. The maximum atomic E-state index is 12.0. The largest absolute Gasteiger partial charge is 0.341 e. The monoisotopic (exact) mass is 301 g/mol. The molecule has 16 heavy (non-hydrogen) atoms. The predicted octanol–water partition coefficient (Wildman–Crippen LogP) is 3.86. The number of amides is 1. The molecule has 0 atom stereocenters. The summed E-state index contributed by atoms with van der Waals surface area (Å²) < 4.78 is 1.04. The van der Waals surface area contributed by atoms with Gasteiger partial charge >= 0.3 is 0 Å². The lowest BCUT2D eigenvalue weighted by Gasteiger charge is -2.15. The summed E-state index contributed by atoms with van der Waals surface area (Å²) in [5.74, 6) is 0.0999. The van der Waals surface area contributed by atoms with Crippen LogP contribution in [-0.2, 0) is 0 Å². The van der Waals surface area contributed by atoms with Crippen molar-refractivity contribution in [2.45, 2.75) is 19.8 Å². The van der Waals surface area contributed by atoms with Gasteiger partial charge in [0.25, 0.3) is 5.91 Å². The normalized spacial score (nSPS) is 10.2. The maximum Gasteiger partial charge on any atom is 0.263 e. The van der Waals surface area contributed by atoms with Gasteiger partial charge in [-0.05, 0) is 47.3 Å². The predicted molar refractivity (Wildman–Crippen MR) is 73.1 cm³/mol. The fraction of sp³-hybridized carbons (Fsp3) is 0.417. The van der Waals surface area contributed by atoms with Gasteiger partial charge in [0.1, 0.15) is 0 Å². The summed E-state index contributed by atoms with van der Waals surface area (Å²) in [7, 11) is 1.84. The number of hydrogen-bond donors (Lipinski definition) is 0. The summed E-state index contributed by atoms with van der Waals surface area (Å²) in [5, 5.41) is 0. The van der Waals surface area contributed by atoms with Gasteiger partial charge in [-0.1, -0.05) is 6.08 Å². The third-order valence-electron chi connectivity index (χ3n) is 2.32. The van der Waals surface area contributed by atoms with E-state index in [1.807, 2.05) is 26.1 Å². The van der Waals surface area contributed by atoms with Gasteiger partial charge in [-0.2, -0.15) is 0 Å². The van der Waals surface area contributed by atoms with E-state index < -0.39 is 0 Å². The van der Waals surface area contributed by atoms with Crippen LogP contribution in [0.3, 0.4) is 0 Å². The first-order valence-electron chi connectivity index (χ1n) is 5.18. The third-order valence-corrected chi connectivity index (χ3v) is 4.44. The number of thiophene rings is 1. The van der Waals surface area contributed by atoms with Gasteiger partial charge in [-0.3, -0.25) is 4.79 Å². The molecule has 0 saturated heterocycles. The lowest BCUT2D eigenvalue weighted by Crippen LogP contribution is -2.26. The van der Waals surface area contributed by atoms with E-state index in [0.29, 0.717) is 0 Å². The van der Waals surface area contributed by atoms with E-state index in [-0.39, 0.29) is 5.91 Å². The molecule has 1 aromatic heterocycles. The number of allylic oxidation sites excluding steroid dienone is 1. The minimum absolute atomic E-state index is 0.0999. The molecule has 0 spiro atoms. The Bertz CT molecular complexity index is 367. The standard InChI is InChI=1S/C12H16BrNOS/c1-4-5-6-7-14(3)12(15)10-8-9(2)11(13)16-10/h4,8H,1,5-7H2,2-3H3. The molecule has 1 aromatic rings. The number of carbonyl (C=O) groups excluding carboxylic acids is 1. The molecule has 1 heterocycles. The molecule has 0 aromatic carbocycles. The van der Waals surface area contributed by atoms with Crippen LogP contribution in [0.15, 0.2) is 22.5 Å². The number of aryl methyl sites for hydroxylation is 1. The second-order valence-corrected chi connectivity index (χ2v) is 6.10. The highest BCUT2D eigenvalue weighted by Crippen LogP contribution is 2.28. The van der Waals surface area contributed by atoms with Crippen LogP contribution in [-0.4, -0.2) is 24.4 Å². The minimum atomic E-state index is 0.0999. The molecule has 0 bridgehead atoms. The summed E-state index contributed by atoms with van der Waals surface area (Å²) in [6.45, 7) is 6.44. The Balaban J connectivity index is 2.59. The molecule has 0 fully saturated rings. The van der Waals surface area contributed by atoms with E-state index in [2.05, 4.69) is 22.5 Å². The zero-order chi connectivity index (χ0) is 12.1. The van der Waals surface area contributed by atoms with E-state index in [0.717, 1.165) is 33.6 Å². The fourth-order valence-corrected chi connectivity index (χ4v) is 2.86. The van der Waals surface area contributed by atoms with Crippen molar-refractivity contribution in [2.75, 3.05) is 13.6 Å². The fourth-order valence-electron chi connectivity index (χ4n) is 1.33. The van der Waals surface area contributed by atoms with Crippen LogP contribution in [0.25, 0.3) is 0 Å². The number of unbranched alkanes of at least 4 members (excludes halogenated alkanes) is 1. The lowest BCUT2D eigenvalue weighted by atomic mass is 10.3. The first-order chi connectivity index (χ1) is 7.56. The van der Waals surface area contributed by atoms with Crippen LogP contribution in [0.5, 0.6) is 0 Å². The molecule has 0 aliphatic heterocycles. The zero-order valence-electron chi connectivity index (χ0n) is 9.62. The third kappa shape index (κ3) is 3.46. The Labute approximate surface area is 109 Å². The number of hydrogen-bond acceptors (Lipinski definition) is 2. The maximum absolute atomic E-state index is 12.0. The van der Waals surface area contributed by atoms with Gasteiger partial charge in [-0.25, -0.2) is 0 Å². The molecule has 0 N–H and O–H groups in total. The molecule has 2 nitrogen and oxygen atoms in total. The van der Waals surface area contributed by atoms with Crippen molar-refractivity contribution in [3.63, 3.8) is 0 Å². The molecule has 0 aliphatic carbocycles. The number of nitrogens with zero attached hydrogens (tertiary/aromatic N) is 1. The molecule has 0 radical (unpaired) electrons. The van der Waals surface area contributed by atoms with Gasteiger partial charge in [0, 0.05) is 13.6 Å². The van der Waals surface area contributed by atoms with Crippen molar-refractivity contribution < 1.29 is 4.79 Å². The highest BCUT2D eigenvalue weighted by atomic mass is 79.9. The van der Waals surface area contributed by atoms with E-state index in [1.165, 1.54) is 11.3 Å². The summed E-state index contributed by atoms with van der Waals surface area (Å²) in [4.78, 5) is 14.6. The van der Waals surface area contributed by atoms with Gasteiger partial charge < -0.3 is 4.90 Å². The van der Waals surface area contributed by atoms with E-state index in [9.17, 15) is 4.79 Å². The van der Waals surface area contributed by atoms with Gasteiger partial charge in [-0.15, -0.1) is 17.9 Å². The van der Waals surface area contributed by atoms with E-state index in [4.69, 9.17) is 0 Å². The molecular formula is C12H16BrNOS. The highest BCUT2D eigenvalue weighted by Gasteiger charge is 2.14. The van der Waals surface area contributed by atoms with Gasteiger partial charge in [0.2, 0.25) is 0 Å². The second-order valence-electron chi connectivity index (χ2n) is 3.72. The molecule has 1 amide bonds. The Kier molecular flexibility index (Phi) is 5.22. The molecule has 0 saturated carbocycles. The number of halogens is 1. The molecule has 4 heteroatoms. The van der Waals surface area contributed by atoms with Gasteiger partial charge in [0.05, 0.1) is 8.66 Å². The average molecular weight is 302 g/mol. The number of rotatable bonds is 5. The quantitative estimate of drug-likeness (QED) is 0.597. The topological polar surface area (TPSA) is 20.3 Å². The van der Waals surface area contributed by atoms with E-state index >= 15 is 0 Å². The van der Waals surface area contributed by atoms with Crippen LogP contribution in [0.4, 0.5) is 0 Å². The highest BCUT2D eigenvalue weighted by molar-refractivity contribution is 9.11. The summed E-state index contributed by atoms with van der Waals surface area (Å²) in [6.07, 6.45) is 3.80. The van der Waals surface area contributed by atoms with Crippen molar-refractivity contribution in [2.24, 2.45) is 0 Å². The second kappa shape index (κ2) is 6.21. The number of carbonyl (C=O) groups is 1. The molecule has 1 rings (SSSR count).